The minimum Gasteiger partial charge on any atom is -0.464 e. The van der Waals surface area contributed by atoms with E-state index in [1.807, 2.05) is 6.92 Å². The molecule has 0 amide bonds. The molecule has 0 aromatic heterocycles. The molecule has 0 bridgehead atoms. The van der Waals surface area contributed by atoms with E-state index in [2.05, 4.69) is 5.32 Å². The van der Waals surface area contributed by atoms with Crippen LogP contribution >= 0.6 is 0 Å². The van der Waals surface area contributed by atoms with Gasteiger partial charge >= 0.3 is 5.97 Å². The largest absolute Gasteiger partial charge is 0.464 e. The van der Waals surface area contributed by atoms with Crippen molar-refractivity contribution in [1.82, 2.24) is 5.32 Å². The zero-order chi connectivity index (χ0) is 11.4. The first-order valence-electron chi connectivity index (χ1n) is 6.32. The Morgan fingerprint density at radius 3 is 2.81 bits per heavy atom. The Hall–Kier alpha value is -0.610. The summed E-state index contributed by atoms with van der Waals surface area (Å²) in [7, 11) is 0. The van der Waals surface area contributed by atoms with Crippen molar-refractivity contribution in [3.8, 4) is 0 Å². The molecule has 2 fully saturated rings. The molecule has 2 rings (SSSR count). The Morgan fingerprint density at radius 1 is 1.38 bits per heavy atom. The molecular weight excluding hydrogens is 206 g/mol. The lowest BCUT2D eigenvalue weighted by Crippen LogP contribution is -2.38. The maximum Gasteiger partial charge on any atom is 0.335 e. The monoisotopic (exact) mass is 227 g/mol. The number of rotatable bonds is 3. The van der Waals surface area contributed by atoms with Crippen LogP contribution < -0.4 is 5.32 Å². The number of esters is 1. The molecule has 2 saturated heterocycles. The smallest absolute Gasteiger partial charge is 0.335 e. The third kappa shape index (κ3) is 2.55. The average Bonchev–Trinajstić information content (AvgIpc) is 2.79. The average molecular weight is 227 g/mol. The van der Waals surface area contributed by atoms with Crippen LogP contribution in [-0.4, -0.2) is 38.4 Å². The van der Waals surface area contributed by atoms with Crippen LogP contribution in [0.2, 0.25) is 0 Å². The van der Waals surface area contributed by atoms with Gasteiger partial charge in [-0.25, -0.2) is 4.79 Å². The summed E-state index contributed by atoms with van der Waals surface area (Å²) in [5, 5.41) is 3.35. The van der Waals surface area contributed by atoms with Gasteiger partial charge in [0.1, 0.15) is 0 Å². The van der Waals surface area contributed by atoms with Crippen molar-refractivity contribution in [1.29, 1.82) is 0 Å². The van der Waals surface area contributed by atoms with Gasteiger partial charge in [-0.15, -0.1) is 0 Å². The predicted molar refractivity (Wildman–Crippen MR) is 60.1 cm³/mol. The van der Waals surface area contributed by atoms with E-state index in [0.717, 1.165) is 32.4 Å². The van der Waals surface area contributed by atoms with Crippen molar-refractivity contribution in [3.05, 3.63) is 0 Å². The Balaban J connectivity index is 1.93. The number of piperidine rings is 1. The lowest BCUT2D eigenvalue weighted by atomic mass is 9.81. The summed E-state index contributed by atoms with van der Waals surface area (Å²) in [6.07, 6.45) is 3.02. The fraction of sp³-hybridized carbons (Fsp3) is 0.917. The summed E-state index contributed by atoms with van der Waals surface area (Å²) in [4.78, 5) is 11.7. The van der Waals surface area contributed by atoms with E-state index in [-0.39, 0.29) is 12.1 Å². The van der Waals surface area contributed by atoms with Gasteiger partial charge in [0.05, 0.1) is 6.61 Å². The van der Waals surface area contributed by atoms with Crippen LogP contribution in [0.1, 0.15) is 26.2 Å². The summed E-state index contributed by atoms with van der Waals surface area (Å²) in [5.74, 6) is 0.836. The number of carbonyl (C=O) groups is 1. The van der Waals surface area contributed by atoms with Gasteiger partial charge < -0.3 is 14.8 Å². The molecule has 0 radical (unpaired) electrons. The molecule has 0 saturated carbocycles. The molecule has 4 nitrogen and oxygen atoms in total. The second-order valence-corrected chi connectivity index (χ2v) is 4.58. The highest BCUT2D eigenvalue weighted by atomic mass is 16.6. The Kier molecular flexibility index (Phi) is 4.18. The molecule has 2 aliphatic heterocycles. The van der Waals surface area contributed by atoms with Gasteiger partial charge in [-0.05, 0) is 45.2 Å². The van der Waals surface area contributed by atoms with E-state index in [1.54, 1.807) is 0 Å². The summed E-state index contributed by atoms with van der Waals surface area (Å²) in [6, 6.07) is 0. The first kappa shape index (κ1) is 11.9. The second kappa shape index (κ2) is 5.64. The van der Waals surface area contributed by atoms with Crippen molar-refractivity contribution in [2.45, 2.75) is 32.3 Å². The van der Waals surface area contributed by atoms with Crippen LogP contribution in [0.15, 0.2) is 0 Å². The molecule has 0 aromatic carbocycles. The van der Waals surface area contributed by atoms with Gasteiger partial charge in [0.25, 0.3) is 0 Å². The lowest BCUT2D eigenvalue weighted by Gasteiger charge is -2.29. The normalized spacial score (nSPS) is 31.6. The standard InChI is InChI=1S/C12H21NO3/c1-2-15-12(14)11-10(5-8-16-11)9-3-6-13-7-4-9/h9-11,13H,2-8H2,1H3. The van der Waals surface area contributed by atoms with Gasteiger partial charge in [0.2, 0.25) is 0 Å². The van der Waals surface area contributed by atoms with Crippen molar-refractivity contribution in [2.24, 2.45) is 11.8 Å². The van der Waals surface area contributed by atoms with E-state index in [4.69, 9.17) is 9.47 Å². The first-order valence-corrected chi connectivity index (χ1v) is 6.32. The Bertz CT molecular complexity index is 238. The van der Waals surface area contributed by atoms with Crippen LogP contribution in [0.5, 0.6) is 0 Å². The SMILES string of the molecule is CCOC(=O)C1OCCC1C1CCNCC1. The number of hydrogen-bond donors (Lipinski definition) is 1. The number of nitrogens with one attached hydrogen (secondary N) is 1. The summed E-state index contributed by atoms with van der Waals surface area (Å²) in [6.45, 7) is 5.12. The van der Waals surface area contributed by atoms with E-state index < -0.39 is 0 Å². The maximum absolute atomic E-state index is 11.7. The van der Waals surface area contributed by atoms with Crippen molar-refractivity contribution in [2.75, 3.05) is 26.3 Å². The van der Waals surface area contributed by atoms with E-state index in [1.165, 1.54) is 0 Å². The van der Waals surface area contributed by atoms with Gasteiger partial charge in [0, 0.05) is 12.5 Å². The fourth-order valence-corrected chi connectivity index (χ4v) is 2.83. The molecule has 0 aromatic rings. The minimum atomic E-state index is -0.303. The quantitative estimate of drug-likeness (QED) is 0.729. The first-order chi connectivity index (χ1) is 7.83. The summed E-state index contributed by atoms with van der Waals surface area (Å²) >= 11 is 0. The van der Waals surface area contributed by atoms with Gasteiger partial charge in [-0.2, -0.15) is 0 Å². The molecule has 92 valence electrons. The molecule has 2 atom stereocenters. The summed E-state index contributed by atoms with van der Waals surface area (Å²) in [5.41, 5.74) is 0. The second-order valence-electron chi connectivity index (χ2n) is 4.58. The highest BCUT2D eigenvalue weighted by Crippen LogP contribution is 2.33. The number of hydrogen-bond acceptors (Lipinski definition) is 4. The highest BCUT2D eigenvalue weighted by molar-refractivity contribution is 5.75. The van der Waals surface area contributed by atoms with Crippen LogP contribution in [-0.2, 0) is 14.3 Å². The van der Waals surface area contributed by atoms with Crippen molar-refractivity contribution < 1.29 is 14.3 Å². The topological polar surface area (TPSA) is 47.6 Å². The summed E-state index contributed by atoms with van der Waals surface area (Å²) < 4.78 is 10.6. The highest BCUT2D eigenvalue weighted by Gasteiger charge is 2.40. The molecule has 0 spiro atoms. The molecule has 4 heteroatoms. The van der Waals surface area contributed by atoms with E-state index in [0.29, 0.717) is 25.0 Å². The van der Waals surface area contributed by atoms with Crippen molar-refractivity contribution >= 4 is 5.97 Å². The molecule has 2 unspecified atom stereocenters. The van der Waals surface area contributed by atoms with Crippen LogP contribution in [0.4, 0.5) is 0 Å². The molecule has 16 heavy (non-hydrogen) atoms. The fourth-order valence-electron chi connectivity index (χ4n) is 2.83. The zero-order valence-corrected chi connectivity index (χ0v) is 9.91. The molecular formula is C12H21NO3. The molecule has 1 N–H and O–H groups in total. The van der Waals surface area contributed by atoms with Crippen molar-refractivity contribution in [3.63, 3.8) is 0 Å². The predicted octanol–water partition coefficient (Wildman–Crippen LogP) is 0.954. The number of carbonyl (C=O) groups excluding carboxylic acids is 1. The number of ether oxygens (including phenoxy) is 2. The molecule has 0 aliphatic carbocycles. The van der Waals surface area contributed by atoms with Crippen LogP contribution in [0.25, 0.3) is 0 Å². The maximum atomic E-state index is 11.7. The minimum absolute atomic E-state index is 0.163. The van der Waals surface area contributed by atoms with Gasteiger partial charge in [-0.3, -0.25) is 0 Å². The van der Waals surface area contributed by atoms with Gasteiger partial charge in [0.15, 0.2) is 6.10 Å². The Morgan fingerprint density at radius 2 is 2.12 bits per heavy atom. The molecule has 2 heterocycles. The van der Waals surface area contributed by atoms with Gasteiger partial charge in [-0.1, -0.05) is 0 Å². The Labute approximate surface area is 96.7 Å². The molecule has 2 aliphatic rings. The third-order valence-corrected chi connectivity index (χ3v) is 3.65. The van der Waals surface area contributed by atoms with Crippen LogP contribution in [0.3, 0.4) is 0 Å². The van der Waals surface area contributed by atoms with E-state index >= 15 is 0 Å². The third-order valence-electron chi connectivity index (χ3n) is 3.65. The zero-order valence-electron chi connectivity index (χ0n) is 9.91. The lowest BCUT2D eigenvalue weighted by molar-refractivity contribution is -0.156. The van der Waals surface area contributed by atoms with Crippen LogP contribution in [0, 0.1) is 11.8 Å². The van der Waals surface area contributed by atoms with E-state index in [9.17, 15) is 4.79 Å².